The molecule has 1 aliphatic carbocycles. The maximum absolute atomic E-state index is 5.96. The van der Waals surface area contributed by atoms with Crippen LogP contribution < -0.4 is 0 Å². The highest BCUT2D eigenvalue weighted by molar-refractivity contribution is 6.31. The van der Waals surface area contributed by atoms with Gasteiger partial charge >= 0.3 is 0 Å². The minimum absolute atomic E-state index is 0.0442. The molecule has 0 amide bonds. The molecule has 0 radical (unpaired) electrons. The van der Waals surface area contributed by atoms with Crippen molar-refractivity contribution in [2.24, 2.45) is 0 Å². The SMILES string of the molecule is CCC([SiH2]OC(C)(C)C)C1=CCC=C1. The van der Waals surface area contributed by atoms with Gasteiger partial charge in [-0.3, -0.25) is 0 Å². The van der Waals surface area contributed by atoms with E-state index < -0.39 is 9.76 Å². The summed E-state index contributed by atoms with van der Waals surface area (Å²) in [5, 5.41) is 0. The van der Waals surface area contributed by atoms with Crippen LogP contribution in [0, 0.1) is 0 Å². The Labute approximate surface area is 90.2 Å². The molecule has 0 aliphatic heterocycles. The second-order valence-electron chi connectivity index (χ2n) is 4.87. The van der Waals surface area contributed by atoms with Crippen LogP contribution in [0.2, 0.25) is 5.54 Å². The highest BCUT2D eigenvalue weighted by atomic mass is 28.2. The molecule has 0 saturated heterocycles. The van der Waals surface area contributed by atoms with Crippen LogP contribution in [-0.2, 0) is 4.43 Å². The lowest BCUT2D eigenvalue weighted by molar-refractivity contribution is 0.136. The lowest BCUT2D eigenvalue weighted by Gasteiger charge is -2.24. The molecule has 0 N–H and O–H groups in total. The average molecular weight is 210 g/mol. The van der Waals surface area contributed by atoms with Gasteiger partial charge in [0.05, 0.1) is 0 Å². The normalized spacial score (nSPS) is 19.3. The molecule has 1 unspecified atom stereocenters. The number of allylic oxidation sites excluding steroid dienone is 4. The molecule has 0 aromatic heterocycles. The van der Waals surface area contributed by atoms with E-state index in [0.717, 1.165) is 6.42 Å². The van der Waals surface area contributed by atoms with Gasteiger partial charge < -0.3 is 4.43 Å². The maximum Gasteiger partial charge on any atom is 0.169 e. The van der Waals surface area contributed by atoms with E-state index in [1.807, 2.05) is 0 Å². The molecule has 1 aliphatic rings. The van der Waals surface area contributed by atoms with E-state index in [0.29, 0.717) is 5.54 Å². The lowest BCUT2D eigenvalue weighted by atomic mass is 10.1. The summed E-state index contributed by atoms with van der Waals surface area (Å²) in [5.74, 6) is 0. The van der Waals surface area contributed by atoms with Crippen LogP contribution in [-0.4, -0.2) is 15.4 Å². The fourth-order valence-corrected chi connectivity index (χ4v) is 3.01. The number of hydrogen-bond acceptors (Lipinski definition) is 1. The molecule has 0 aromatic carbocycles. The predicted molar refractivity (Wildman–Crippen MR) is 65.3 cm³/mol. The summed E-state index contributed by atoms with van der Waals surface area (Å²) >= 11 is 0. The Balaban J connectivity index is 2.43. The minimum Gasteiger partial charge on any atom is -0.419 e. The van der Waals surface area contributed by atoms with E-state index in [1.54, 1.807) is 0 Å². The standard InChI is InChI=1S/C12H22OSi/c1-5-11(10-8-6-7-9-10)14-13-12(2,3)4/h6,8-9,11H,5,7,14H2,1-4H3. The van der Waals surface area contributed by atoms with Gasteiger partial charge in [-0.15, -0.1) is 0 Å². The zero-order valence-electron chi connectivity index (χ0n) is 9.84. The molecule has 0 aromatic rings. The van der Waals surface area contributed by atoms with Crippen LogP contribution >= 0.6 is 0 Å². The Bertz CT molecular complexity index is 235. The zero-order valence-corrected chi connectivity index (χ0v) is 11.3. The lowest BCUT2D eigenvalue weighted by Crippen LogP contribution is -2.24. The molecule has 0 heterocycles. The van der Waals surface area contributed by atoms with Crippen molar-refractivity contribution < 1.29 is 4.43 Å². The fraction of sp³-hybridized carbons (Fsp3) is 0.667. The highest BCUT2D eigenvalue weighted by Crippen LogP contribution is 2.27. The van der Waals surface area contributed by atoms with Gasteiger partial charge in [-0.2, -0.15) is 0 Å². The Kier molecular flexibility index (Phi) is 4.14. The van der Waals surface area contributed by atoms with Gasteiger partial charge in [-0.1, -0.05) is 31.6 Å². The van der Waals surface area contributed by atoms with Gasteiger partial charge in [0.15, 0.2) is 9.76 Å². The molecule has 1 nitrogen and oxygen atoms in total. The first-order valence-electron chi connectivity index (χ1n) is 5.53. The van der Waals surface area contributed by atoms with Crippen LogP contribution in [0.1, 0.15) is 40.5 Å². The number of rotatable bonds is 4. The molecule has 0 bridgehead atoms. The molecule has 80 valence electrons. The Morgan fingerprint density at radius 3 is 2.64 bits per heavy atom. The molecular formula is C12H22OSi. The van der Waals surface area contributed by atoms with E-state index in [4.69, 9.17) is 4.43 Å². The van der Waals surface area contributed by atoms with E-state index in [9.17, 15) is 0 Å². The van der Waals surface area contributed by atoms with Crippen molar-refractivity contribution in [1.29, 1.82) is 0 Å². The molecule has 14 heavy (non-hydrogen) atoms. The largest absolute Gasteiger partial charge is 0.419 e. The van der Waals surface area contributed by atoms with Crippen molar-refractivity contribution in [3.63, 3.8) is 0 Å². The molecular weight excluding hydrogens is 188 g/mol. The van der Waals surface area contributed by atoms with Crippen molar-refractivity contribution in [3.8, 4) is 0 Å². The summed E-state index contributed by atoms with van der Waals surface area (Å²) in [6.07, 6.45) is 9.19. The summed E-state index contributed by atoms with van der Waals surface area (Å²) < 4.78 is 5.96. The van der Waals surface area contributed by atoms with Gasteiger partial charge in [0, 0.05) is 5.60 Å². The van der Waals surface area contributed by atoms with Gasteiger partial charge in [-0.05, 0) is 38.3 Å². The molecule has 1 atom stereocenters. The van der Waals surface area contributed by atoms with Gasteiger partial charge in [0.1, 0.15) is 0 Å². The Hall–Kier alpha value is -0.343. The monoisotopic (exact) mass is 210 g/mol. The van der Waals surface area contributed by atoms with Crippen molar-refractivity contribution in [1.82, 2.24) is 0 Å². The third-order valence-electron chi connectivity index (χ3n) is 2.48. The molecule has 0 spiro atoms. The first-order valence-corrected chi connectivity index (χ1v) is 6.93. The van der Waals surface area contributed by atoms with Crippen LogP contribution in [0.25, 0.3) is 0 Å². The van der Waals surface area contributed by atoms with Crippen molar-refractivity contribution in [2.45, 2.75) is 51.7 Å². The van der Waals surface area contributed by atoms with E-state index in [2.05, 4.69) is 45.9 Å². The molecule has 1 rings (SSSR count). The second kappa shape index (κ2) is 4.94. The summed E-state index contributed by atoms with van der Waals surface area (Å²) in [6, 6.07) is 0. The quantitative estimate of drug-likeness (QED) is 0.648. The van der Waals surface area contributed by atoms with Crippen LogP contribution in [0.3, 0.4) is 0 Å². The summed E-state index contributed by atoms with van der Waals surface area (Å²) in [5.41, 5.74) is 2.28. The Morgan fingerprint density at radius 1 is 1.50 bits per heavy atom. The minimum atomic E-state index is -0.428. The van der Waals surface area contributed by atoms with Crippen LogP contribution in [0.4, 0.5) is 0 Å². The van der Waals surface area contributed by atoms with Crippen LogP contribution in [0.5, 0.6) is 0 Å². The van der Waals surface area contributed by atoms with Crippen LogP contribution in [0.15, 0.2) is 23.8 Å². The average Bonchev–Trinajstić information content (AvgIpc) is 2.56. The van der Waals surface area contributed by atoms with E-state index in [-0.39, 0.29) is 5.60 Å². The van der Waals surface area contributed by atoms with Gasteiger partial charge in [0.25, 0.3) is 0 Å². The maximum atomic E-state index is 5.96. The van der Waals surface area contributed by atoms with Crippen molar-refractivity contribution >= 4 is 9.76 Å². The summed E-state index contributed by atoms with van der Waals surface area (Å²) in [4.78, 5) is 0. The molecule has 0 fully saturated rings. The molecule has 0 saturated carbocycles. The third-order valence-corrected chi connectivity index (χ3v) is 4.97. The fourth-order valence-electron chi connectivity index (χ4n) is 1.58. The summed E-state index contributed by atoms with van der Waals surface area (Å²) in [7, 11) is -0.428. The van der Waals surface area contributed by atoms with Gasteiger partial charge in [-0.25, -0.2) is 0 Å². The predicted octanol–water partition coefficient (Wildman–Crippen LogP) is 2.97. The zero-order chi connectivity index (χ0) is 10.6. The smallest absolute Gasteiger partial charge is 0.169 e. The summed E-state index contributed by atoms with van der Waals surface area (Å²) in [6.45, 7) is 8.69. The first kappa shape index (κ1) is 11.7. The van der Waals surface area contributed by atoms with Crippen molar-refractivity contribution in [2.75, 3.05) is 0 Å². The van der Waals surface area contributed by atoms with E-state index in [1.165, 1.54) is 12.0 Å². The number of hydrogen-bond donors (Lipinski definition) is 0. The van der Waals surface area contributed by atoms with E-state index >= 15 is 0 Å². The molecule has 2 heteroatoms. The van der Waals surface area contributed by atoms with Gasteiger partial charge in [0.2, 0.25) is 0 Å². The van der Waals surface area contributed by atoms with Crippen molar-refractivity contribution in [3.05, 3.63) is 23.8 Å². The second-order valence-corrected chi connectivity index (χ2v) is 6.48. The third kappa shape index (κ3) is 3.80. The highest BCUT2D eigenvalue weighted by Gasteiger charge is 2.17. The Morgan fingerprint density at radius 2 is 2.21 bits per heavy atom. The topological polar surface area (TPSA) is 9.23 Å². The first-order chi connectivity index (χ1) is 6.53.